The van der Waals surface area contributed by atoms with Crippen molar-refractivity contribution in [1.29, 1.82) is 0 Å². The summed E-state index contributed by atoms with van der Waals surface area (Å²) in [5.74, 6) is 0.00516. The van der Waals surface area contributed by atoms with Crippen LogP contribution in [0.5, 0.6) is 0 Å². The highest BCUT2D eigenvalue weighted by Gasteiger charge is 2.24. The van der Waals surface area contributed by atoms with Gasteiger partial charge in [-0.15, -0.1) is 0 Å². The third kappa shape index (κ3) is 3.34. The van der Waals surface area contributed by atoms with Crippen molar-refractivity contribution in [2.45, 2.75) is 38.1 Å². The third-order valence-electron chi connectivity index (χ3n) is 2.57. The summed E-state index contributed by atoms with van der Waals surface area (Å²) in [4.78, 5) is 11.5. The number of halogens is 1. The highest BCUT2D eigenvalue weighted by molar-refractivity contribution is 9.10. The first-order valence-electron chi connectivity index (χ1n) is 5.36. The topological polar surface area (TPSA) is 29.1 Å². The Morgan fingerprint density at radius 2 is 1.81 bits per heavy atom. The van der Waals surface area contributed by atoms with E-state index in [0.717, 1.165) is 5.56 Å². The molecular weight excluding hydrogens is 266 g/mol. The normalized spacial score (nSPS) is 13.3. The molecule has 0 aliphatic heterocycles. The van der Waals surface area contributed by atoms with Crippen LogP contribution in [0, 0.1) is 6.92 Å². The van der Waals surface area contributed by atoms with E-state index >= 15 is 0 Å². The first kappa shape index (κ1) is 13.2. The Kier molecular flexibility index (Phi) is 4.14. The number of nitrogens with one attached hydrogen (secondary N) is 1. The highest BCUT2D eigenvalue weighted by atomic mass is 79.9. The molecular formula is C13H18BrNO. The molecule has 3 heteroatoms. The zero-order chi connectivity index (χ0) is 12.3. The number of carbonyl (C=O) groups excluding carboxylic acids is 1. The van der Waals surface area contributed by atoms with Crippen LogP contribution < -0.4 is 5.32 Å². The highest BCUT2D eigenvalue weighted by Crippen LogP contribution is 2.20. The summed E-state index contributed by atoms with van der Waals surface area (Å²) < 4.78 is 0. The van der Waals surface area contributed by atoms with Crippen molar-refractivity contribution < 1.29 is 4.79 Å². The average molecular weight is 284 g/mol. The largest absolute Gasteiger partial charge is 0.346 e. The first-order chi connectivity index (χ1) is 7.33. The molecule has 0 spiro atoms. The Balaban J connectivity index is 2.85. The van der Waals surface area contributed by atoms with E-state index in [2.05, 4.69) is 52.4 Å². The van der Waals surface area contributed by atoms with Gasteiger partial charge in [0.25, 0.3) is 0 Å². The Hall–Kier alpha value is -0.830. The van der Waals surface area contributed by atoms with Gasteiger partial charge in [0.05, 0.1) is 10.4 Å². The minimum atomic E-state index is -0.340. The first-order valence-corrected chi connectivity index (χ1v) is 6.28. The Labute approximate surface area is 106 Å². The lowest BCUT2D eigenvalue weighted by atomic mass is 9.93. The molecule has 88 valence electrons. The molecule has 0 saturated carbocycles. The number of alkyl halides is 1. The van der Waals surface area contributed by atoms with Gasteiger partial charge >= 0.3 is 0 Å². The van der Waals surface area contributed by atoms with Crippen LogP contribution in [0.15, 0.2) is 24.3 Å². The molecule has 1 atom stereocenters. The lowest BCUT2D eigenvalue weighted by Crippen LogP contribution is -2.43. The van der Waals surface area contributed by atoms with Crippen molar-refractivity contribution >= 4 is 21.8 Å². The van der Waals surface area contributed by atoms with Crippen molar-refractivity contribution in [2.75, 3.05) is 0 Å². The molecule has 0 aliphatic rings. The van der Waals surface area contributed by atoms with E-state index < -0.39 is 0 Å². The second-order valence-electron chi connectivity index (χ2n) is 4.60. The molecule has 1 rings (SSSR count). The number of amides is 1. The number of hydrogen-bond acceptors (Lipinski definition) is 1. The summed E-state index contributed by atoms with van der Waals surface area (Å²) in [7, 11) is 0. The summed E-state index contributed by atoms with van der Waals surface area (Å²) in [5.41, 5.74) is 1.99. The number of carbonyl (C=O) groups is 1. The van der Waals surface area contributed by atoms with E-state index in [4.69, 9.17) is 0 Å². The van der Waals surface area contributed by atoms with Gasteiger partial charge in [-0.1, -0.05) is 45.8 Å². The van der Waals surface area contributed by atoms with Gasteiger partial charge in [-0.2, -0.15) is 0 Å². The van der Waals surface area contributed by atoms with Crippen molar-refractivity contribution in [1.82, 2.24) is 5.32 Å². The fourth-order valence-electron chi connectivity index (χ4n) is 1.45. The summed E-state index contributed by atoms with van der Waals surface area (Å²) >= 11 is 3.26. The smallest absolute Gasteiger partial charge is 0.234 e. The van der Waals surface area contributed by atoms with Crippen LogP contribution in [0.2, 0.25) is 0 Å². The zero-order valence-corrected chi connectivity index (χ0v) is 11.8. The van der Waals surface area contributed by atoms with Crippen molar-refractivity contribution in [3.63, 3.8) is 0 Å². The van der Waals surface area contributed by atoms with Gasteiger partial charge in [0, 0.05) is 0 Å². The fourth-order valence-corrected chi connectivity index (χ4v) is 1.56. The fraction of sp³-hybridized carbons (Fsp3) is 0.462. The predicted molar refractivity (Wildman–Crippen MR) is 70.7 cm³/mol. The number of rotatable bonds is 3. The maximum absolute atomic E-state index is 11.6. The Morgan fingerprint density at radius 1 is 1.31 bits per heavy atom. The van der Waals surface area contributed by atoms with Gasteiger partial charge in [0.2, 0.25) is 5.91 Å². The van der Waals surface area contributed by atoms with E-state index in [9.17, 15) is 4.79 Å². The minimum Gasteiger partial charge on any atom is -0.346 e. The van der Waals surface area contributed by atoms with E-state index in [-0.39, 0.29) is 16.3 Å². The third-order valence-corrected chi connectivity index (χ3v) is 2.99. The van der Waals surface area contributed by atoms with Crippen LogP contribution in [0.1, 0.15) is 31.9 Å². The summed E-state index contributed by atoms with van der Waals surface area (Å²) in [6.07, 6.45) is 0. The standard InChI is InChI=1S/C13H18BrNO/c1-9-5-7-11(8-6-9)13(3,4)15-12(16)10(2)14/h5-8,10H,1-4H3,(H,15,16). The van der Waals surface area contributed by atoms with E-state index in [1.807, 2.05) is 20.8 Å². The molecule has 1 amide bonds. The van der Waals surface area contributed by atoms with Crippen molar-refractivity contribution in [2.24, 2.45) is 0 Å². The maximum atomic E-state index is 11.6. The minimum absolute atomic E-state index is 0.00516. The molecule has 0 heterocycles. The van der Waals surface area contributed by atoms with Crippen LogP contribution in [-0.4, -0.2) is 10.7 Å². The summed E-state index contributed by atoms with van der Waals surface area (Å²) in [6.45, 7) is 7.88. The Bertz CT molecular complexity index is 368. The predicted octanol–water partition coefficient (Wildman–Crippen LogP) is 3.13. The molecule has 16 heavy (non-hydrogen) atoms. The van der Waals surface area contributed by atoms with Crippen LogP contribution in [-0.2, 0) is 10.3 Å². The van der Waals surface area contributed by atoms with Crippen molar-refractivity contribution in [3.05, 3.63) is 35.4 Å². The Morgan fingerprint density at radius 3 is 2.25 bits per heavy atom. The summed E-state index contributed by atoms with van der Waals surface area (Å²) in [6, 6.07) is 8.21. The molecule has 1 unspecified atom stereocenters. The number of aryl methyl sites for hydroxylation is 1. The second kappa shape index (κ2) is 5.00. The lowest BCUT2D eigenvalue weighted by Gasteiger charge is -2.27. The molecule has 0 saturated heterocycles. The van der Waals surface area contributed by atoms with Crippen LogP contribution >= 0.6 is 15.9 Å². The van der Waals surface area contributed by atoms with E-state index in [1.54, 1.807) is 0 Å². The van der Waals surface area contributed by atoms with E-state index in [0.29, 0.717) is 0 Å². The zero-order valence-electron chi connectivity index (χ0n) is 10.2. The van der Waals surface area contributed by atoms with E-state index in [1.165, 1.54) is 5.56 Å². The molecule has 1 N–H and O–H groups in total. The van der Waals surface area contributed by atoms with Gasteiger partial charge in [-0.25, -0.2) is 0 Å². The van der Waals surface area contributed by atoms with Crippen molar-refractivity contribution in [3.8, 4) is 0 Å². The van der Waals surface area contributed by atoms with Gasteiger partial charge in [0.1, 0.15) is 0 Å². The monoisotopic (exact) mass is 283 g/mol. The van der Waals surface area contributed by atoms with Gasteiger partial charge < -0.3 is 5.32 Å². The van der Waals surface area contributed by atoms with Gasteiger partial charge in [-0.3, -0.25) is 4.79 Å². The van der Waals surface area contributed by atoms with Crippen LogP contribution in [0.4, 0.5) is 0 Å². The second-order valence-corrected chi connectivity index (χ2v) is 5.97. The maximum Gasteiger partial charge on any atom is 0.234 e. The SMILES string of the molecule is Cc1ccc(C(C)(C)NC(=O)C(C)Br)cc1. The summed E-state index contributed by atoms with van der Waals surface area (Å²) in [5, 5.41) is 3.01. The quantitative estimate of drug-likeness (QED) is 0.849. The molecule has 0 fully saturated rings. The van der Waals surface area contributed by atoms with Crippen LogP contribution in [0.25, 0.3) is 0 Å². The molecule has 1 aromatic rings. The average Bonchev–Trinajstić information content (AvgIpc) is 2.17. The lowest BCUT2D eigenvalue weighted by molar-refractivity contribution is -0.121. The molecule has 0 aliphatic carbocycles. The number of hydrogen-bond donors (Lipinski definition) is 1. The molecule has 0 radical (unpaired) electrons. The molecule has 1 aromatic carbocycles. The molecule has 0 aromatic heterocycles. The van der Waals surface area contributed by atoms with Crippen LogP contribution in [0.3, 0.4) is 0 Å². The van der Waals surface area contributed by atoms with Gasteiger partial charge in [-0.05, 0) is 33.3 Å². The molecule has 0 bridgehead atoms. The molecule has 2 nitrogen and oxygen atoms in total. The van der Waals surface area contributed by atoms with Gasteiger partial charge in [0.15, 0.2) is 0 Å². The number of benzene rings is 1.